The summed E-state index contributed by atoms with van der Waals surface area (Å²) in [5.41, 5.74) is 5.34. The van der Waals surface area contributed by atoms with E-state index in [9.17, 15) is 9.90 Å². The maximum Gasteiger partial charge on any atom is 0.253 e. The molecule has 2 fully saturated rings. The molecule has 2 aliphatic rings. The lowest BCUT2D eigenvalue weighted by Crippen LogP contribution is -2.48. The third-order valence-electron chi connectivity index (χ3n) is 7.25. The van der Waals surface area contributed by atoms with Gasteiger partial charge in [-0.05, 0) is 47.9 Å². The van der Waals surface area contributed by atoms with E-state index in [0.717, 1.165) is 40.6 Å². The number of nitrogens with one attached hydrogen (secondary N) is 1. The van der Waals surface area contributed by atoms with Crippen LogP contribution in [0.1, 0.15) is 46.7 Å². The Bertz CT molecular complexity index is 1420. The predicted molar refractivity (Wildman–Crippen MR) is 134 cm³/mol. The lowest BCUT2D eigenvalue weighted by molar-refractivity contribution is -0.0260. The highest BCUT2D eigenvalue weighted by Crippen LogP contribution is 2.44. The molecule has 2 atom stereocenters. The van der Waals surface area contributed by atoms with Gasteiger partial charge in [0.25, 0.3) is 5.91 Å². The summed E-state index contributed by atoms with van der Waals surface area (Å²) in [6, 6.07) is 11.1. The average molecular weight is 489 g/mol. The molecule has 0 spiro atoms. The first-order valence-corrected chi connectivity index (χ1v) is 12.4. The normalized spacial score (nSPS) is 20.1. The first-order valence-electron chi connectivity index (χ1n) is 12.4. The molecule has 1 saturated carbocycles. The van der Waals surface area contributed by atoms with Crippen molar-refractivity contribution in [3.63, 3.8) is 0 Å². The van der Waals surface area contributed by atoms with Crippen LogP contribution in [0.2, 0.25) is 0 Å². The topological polar surface area (TPSA) is 81.3 Å². The number of aromatic nitrogens is 3. The molecule has 1 saturated heterocycles. The summed E-state index contributed by atoms with van der Waals surface area (Å²) in [6.07, 6.45) is 7.45. The number of aliphatic hydroxyl groups excluding tert-OH is 1. The SMILES string of the molecule is Cn1cc(-c2ccc(Cn3cc(C(=O)N[C@H]4CCOC[C@@H]4O)c4c(F)ccc(C5CC5)c43)cc2)cn1. The number of fused-ring (bicyclic) bond motifs is 1. The van der Waals surface area contributed by atoms with Gasteiger partial charge in [-0.1, -0.05) is 30.3 Å². The van der Waals surface area contributed by atoms with E-state index in [1.54, 1.807) is 10.9 Å². The van der Waals surface area contributed by atoms with Gasteiger partial charge in [-0.15, -0.1) is 0 Å². The molecule has 2 aromatic carbocycles. The van der Waals surface area contributed by atoms with Gasteiger partial charge in [0.05, 0.1) is 36.0 Å². The molecule has 1 amide bonds. The largest absolute Gasteiger partial charge is 0.389 e. The minimum atomic E-state index is -0.777. The number of aryl methyl sites for hydroxylation is 1. The Kier molecular flexibility index (Phi) is 5.85. The van der Waals surface area contributed by atoms with Gasteiger partial charge in [0.15, 0.2) is 0 Å². The highest BCUT2D eigenvalue weighted by Gasteiger charge is 2.31. The third kappa shape index (κ3) is 4.31. The second kappa shape index (κ2) is 9.19. The maximum atomic E-state index is 15.3. The molecule has 0 radical (unpaired) electrons. The standard InChI is InChI=1S/C28H29FN4O3/c1-32-14-20(12-30-32)18-4-2-17(3-5-18)13-33-15-22(28(35)31-24-10-11-36-16-25(24)34)26-23(29)9-8-21(27(26)33)19-6-7-19/h2-5,8-9,12,14-15,19,24-25,34H,6-7,10-11,13,16H2,1H3,(H,31,35)/t24-,25-/m0/s1. The molecule has 1 aliphatic carbocycles. The number of nitrogens with zero attached hydrogens (tertiary/aromatic N) is 3. The van der Waals surface area contributed by atoms with Crippen molar-refractivity contribution < 1.29 is 19.0 Å². The highest BCUT2D eigenvalue weighted by molar-refractivity contribution is 6.08. The zero-order valence-corrected chi connectivity index (χ0v) is 20.2. The van der Waals surface area contributed by atoms with Crippen molar-refractivity contribution in [3.8, 4) is 11.1 Å². The molecule has 2 aromatic heterocycles. The fraction of sp³-hybridized carbons (Fsp3) is 0.357. The van der Waals surface area contributed by atoms with Crippen LogP contribution in [0.15, 0.2) is 55.0 Å². The molecule has 0 unspecified atom stereocenters. The van der Waals surface area contributed by atoms with Gasteiger partial charge in [-0.3, -0.25) is 9.48 Å². The molecule has 7 nitrogen and oxygen atoms in total. The van der Waals surface area contributed by atoms with Crippen LogP contribution in [0.25, 0.3) is 22.0 Å². The lowest BCUT2D eigenvalue weighted by atomic mass is 10.0. The Hall–Kier alpha value is -3.49. The van der Waals surface area contributed by atoms with Crippen molar-refractivity contribution >= 4 is 16.8 Å². The summed E-state index contributed by atoms with van der Waals surface area (Å²) >= 11 is 0. The van der Waals surface area contributed by atoms with Gasteiger partial charge in [0.2, 0.25) is 0 Å². The van der Waals surface area contributed by atoms with E-state index < -0.39 is 18.0 Å². The maximum absolute atomic E-state index is 15.3. The number of hydrogen-bond acceptors (Lipinski definition) is 4. The van der Waals surface area contributed by atoms with E-state index in [-0.39, 0.29) is 12.5 Å². The first-order chi connectivity index (χ1) is 17.5. The van der Waals surface area contributed by atoms with Crippen LogP contribution in [0.3, 0.4) is 0 Å². The molecule has 2 N–H and O–H groups in total. The zero-order chi connectivity index (χ0) is 24.8. The Morgan fingerprint density at radius 2 is 1.94 bits per heavy atom. The molecule has 8 heteroatoms. The molecule has 0 bridgehead atoms. The van der Waals surface area contributed by atoms with Crippen LogP contribution in [-0.2, 0) is 18.3 Å². The molecular formula is C28H29FN4O3. The number of hydrogen-bond donors (Lipinski definition) is 2. The van der Waals surface area contributed by atoms with Crippen LogP contribution in [0.4, 0.5) is 4.39 Å². The zero-order valence-electron chi connectivity index (χ0n) is 20.2. The van der Waals surface area contributed by atoms with Crippen LogP contribution < -0.4 is 5.32 Å². The molecular weight excluding hydrogens is 459 g/mol. The van der Waals surface area contributed by atoms with Crippen LogP contribution in [0.5, 0.6) is 0 Å². The average Bonchev–Trinajstić information content (AvgIpc) is 3.52. The number of aliphatic hydroxyl groups is 1. The van der Waals surface area contributed by atoms with E-state index in [1.807, 2.05) is 30.1 Å². The summed E-state index contributed by atoms with van der Waals surface area (Å²) in [6.45, 7) is 1.17. The van der Waals surface area contributed by atoms with Gasteiger partial charge >= 0.3 is 0 Å². The smallest absolute Gasteiger partial charge is 0.253 e. The van der Waals surface area contributed by atoms with Gasteiger partial charge in [0, 0.05) is 43.5 Å². The van der Waals surface area contributed by atoms with Crippen LogP contribution in [-0.4, -0.2) is 50.7 Å². The van der Waals surface area contributed by atoms with Crippen molar-refractivity contribution in [1.29, 1.82) is 0 Å². The van der Waals surface area contributed by atoms with E-state index in [4.69, 9.17) is 4.74 Å². The molecule has 4 aromatic rings. The number of rotatable bonds is 6. The highest BCUT2D eigenvalue weighted by atomic mass is 19.1. The van der Waals surface area contributed by atoms with Crippen LogP contribution >= 0.6 is 0 Å². The summed E-state index contributed by atoms with van der Waals surface area (Å²) in [5, 5.41) is 17.7. The predicted octanol–water partition coefficient (Wildman–Crippen LogP) is 3.99. The number of ether oxygens (including phenoxy) is 1. The summed E-state index contributed by atoms with van der Waals surface area (Å²) in [7, 11) is 1.89. The van der Waals surface area contributed by atoms with Crippen molar-refractivity contribution in [1.82, 2.24) is 19.7 Å². The summed E-state index contributed by atoms with van der Waals surface area (Å²) < 4.78 is 24.3. The molecule has 36 heavy (non-hydrogen) atoms. The number of amides is 1. The minimum Gasteiger partial charge on any atom is -0.389 e. The van der Waals surface area contributed by atoms with Crippen molar-refractivity contribution in [2.45, 2.75) is 43.9 Å². The van der Waals surface area contributed by atoms with E-state index in [1.165, 1.54) is 6.07 Å². The number of halogens is 1. The van der Waals surface area contributed by atoms with Crippen molar-refractivity contribution in [3.05, 3.63) is 77.5 Å². The van der Waals surface area contributed by atoms with Gasteiger partial charge in [-0.25, -0.2) is 4.39 Å². The van der Waals surface area contributed by atoms with E-state index in [2.05, 4.69) is 34.7 Å². The van der Waals surface area contributed by atoms with Crippen LogP contribution in [0, 0.1) is 5.82 Å². The van der Waals surface area contributed by atoms with Crippen molar-refractivity contribution in [2.24, 2.45) is 7.05 Å². The summed E-state index contributed by atoms with van der Waals surface area (Å²) in [4.78, 5) is 13.3. The molecule has 6 rings (SSSR count). The van der Waals surface area contributed by atoms with Gasteiger partial charge in [-0.2, -0.15) is 5.10 Å². The Balaban J connectivity index is 1.36. The Morgan fingerprint density at radius 1 is 1.14 bits per heavy atom. The quantitative estimate of drug-likeness (QED) is 0.430. The van der Waals surface area contributed by atoms with Crippen molar-refractivity contribution in [2.75, 3.05) is 13.2 Å². The number of carbonyl (C=O) groups excluding carboxylic acids is 1. The first kappa shape index (κ1) is 22.9. The lowest BCUT2D eigenvalue weighted by Gasteiger charge is -2.28. The Labute approximate surface area is 208 Å². The van der Waals surface area contributed by atoms with Gasteiger partial charge in [0.1, 0.15) is 5.82 Å². The number of benzene rings is 2. The Morgan fingerprint density at radius 3 is 2.64 bits per heavy atom. The number of carbonyl (C=O) groups is 1. The molecule has 3 heterocycles. The van der Waals surface area contributed by atoms with E-state index >= 15 is 4.39 Å². The third-order valence-corrected chi connectivity index (χ3v) is 7.25. The van der Waals surface area contributed by atoms with Gasteiger partial charge < -0.3 is 19.7 Å². The molecule has 186 valence electrons. The van der Waals surface area contributed by atoms with E-state index in [0.29, 0.717) is 36.4 Å². The minimum absolute atomic E-state index is 0.182. The summed E-state index contributed by atoms with van der Waals surface area (Å²) in [5.74, 6) is -0.385. The monoisotopic (exact) mass is 488 g/mol. The second-order valence-corrected chi connectivity index (χ2v) is 9.92. The molecule has 1 aliphatic heterocycles. The fourth-order valence-corrected chi connectivity index (χ4v) is 5.16. The fourth-order valence-electron chi connectivity index (χ4n) is 5.16. The second-order valence-electron chi connectivity index (χ2n) is 9.92.